The van der Waals surface area contributed by atoms with Gasteiger partial charge in [-0.15, -0.1) is 0 Å². The summed E-state index contributed by atoms with van der Waals surface area (Å²) in [6.07, 6.45) is 4.26. The Morgan fingerprint density at radius 2 is 1.88 bits per heavy atom. The third-order valence-electron chi connectivity index (χ3n) is 2.87. The van der Waals surface area contributed by atoms with Gasteiger partial charge >= 0.3 is 110 Å². The minimum absolute atomic E-state index is 0.913. The number of allylic oxidation sites excluding steroid dienone is 1. The fraction of sp³-hybridized carbons (Fsp3) is 0.400. The molecular formula is C15H23NSn. The van der Waals surface area contributed by atoms with E-state index in [9.17, 15) is 0 Å². The van der Waals surface area contributed by atoms with Crippen molar-refractivity contribution in [3.63, 3.8) is 0 Å². The Kier molecular flexibility index (Phi) is 5.96. The number of hydrogen-bond donors (Lipinski definition) is 0. The first kappa shape index (κ1) is 14.5. The Labute approximate surface area is 110 Å². The van der Waals surface area contributed by atoms with Gasteiger partial charge in [0.05, 0.1) is 0 Å². The number of aliphatic imine (C=N–C) groups is 1. The second kappa shape index (κ2) is 7.00. The van der Waals surface area contributed by atoms with Crippen molar-refractivity contribution >= 4 is 24.6 Å². The van der Waals surface area contributed by atoms with Crippen molar-refractivity contribution < 1.29 is 0 Å². The molecule has 0 amide bonds. The summed E-state index contributed by atoms with van der Waals surface area (Å²) in [7, 11) is 0. The predicted molar refractivity (Wildman–Crippen MR) is 80.6 cm³/mol. The zero-order valence-electron chi connectivity index (χ0n) is 11.2. The van der Waals surface area contributed by atoms with Gasteiger partial charge in [-0.2, -0.15) is 0 Å². The fourth-order valence-corrected chi connectivity index (χ4v) is 4.11. The summed E-state index contributed by atoms with van der Waals surface area (Å²) in [5, 5.41) is 0. The third kappa shape index (κ3) is 6.06. The van der Waals surface area contributed by atoms with E-state index >= 15 is 0 Å². The van der Waals surface area contributed by atoms with E-state index in [-0.39, 0.29) is 0 Å². The molecule has 1 aromatic rings. The van der Waals surface area contributed by atoms with Crippen molar-refractivity contribution in [1.29, 1.82) is 0 Å². The molecule has 1 nitrogen and oxygen atoms in total. The third-order valence-corrected chi connectivity index (χ3v) is 9.63. The van der Waals surface area contributed by atoms with Gasteiger partial charge in [-0.1, -0.05) is 0 Å². The molecule has 1 rings (SSSR count). The molecule has 0 spiro atoms. The molecule has 17 heavy (non-hydrogen) atoms. The van der Waals surface area contributed by atoms with Gasteiger partial charge in [0.2, 0.25) is 0 Å². The van der Waals surface area contributed by atoms with Gasteiger partial charge in [0.15, 0.2) is 0 Å². The number of nitrogens with zero attached hydrogens (tertiary/aromatic N) is 1. The molecule has 0 aliphatic rings. The molecule has 0 heterocycles. The molecule has 0 fully saturated rings. The van der Waals surface area contributed by atoms with Crippen LogP contribution in [0.3, 0.4) is 0 Å². The first-order valence-electron chi connectivity index (χ1n) is 6.23. The SMILES string of the molecule is C=[C](CCCN=Cc1ccccc1)[Sn]([CH3])([CH3])[CH3]. The molecule has 0 aliphatic carbocycles. The maximum absolute atomic E-state index is 4.45. The zero-order valence-corrected chi connectivity index (χ0v) is 14.1. The van der Waals surface area contributed by atoms with Gasteiger partial charge < -0.3 is 0 Å². The summed E-state index contributed by atoms with van der Waals surface area (Å²) < 4.78 is 1.52. The normalized spacial score (nSPS) is 11.9. The van der Waals surface area contributed by atoms with Crippen molar-refractivity contribution in [2.75, 3.05) is 6.54 Å². The van der Waals surface area contributed by atoms with Crippen LogP contribution in [0.25, 0.3) is 0 Å². The van der Waals surface area contributed by atoms with Gasteiger partial charge in [0, 0.05) is 0 Å². The molecule has 0 unspecified atom stereocenters. The monoisotopic (exact) mass is 337 g/mol. The van der Waals surface area contributed by atoms with Crippen LogP contribution >= 0.6 is 0 Å². The minimum atomic E-state index is -1.83. The summed E-state index contributed by atoms with van der Waals surface area (Å²) in [5.41, 5.74) is 1.18. The van der Waals surface area contributed by atoms with Crippen molar-refractivity contribution in [1.82, 2.24) is 0 Å². The molecule has 0 N–H and O–H groups in total. The molecule has 1 aromatic carbocycles. The molecule has 0 aliphatic heterocycles. The molecule has 0 aromatic heterocycles. The maximum atomic E-state index is 4.45. The van der Waals surface area contributed by atoms with Crippen LogP contribution in [0.4, 0.5) is 0 Å². The van der Waals surface area contributed by atoms with Gasteiger partial charge in [0.1, 0.15) is 0 Å². The second-order valence-electron chi connectivity index (χ2n) is 5.40. The Hall–Kier alpha value is -0.571. The van der Waals surface area contributed by atoms with Crippen LogP contribution < -0.4 is 0 Å². The van der Waals surface area contributed by atoms with Crippen LogP contribution in [0, 0.1) is 0 Å². The van der Waals surface area contributed by atoms with E-state index in [4.69, 9.17) is 0 Å². The number of hydrogen-bond acceptors (Lipinski definition) is 1. The Balaban J connectivity index is 2.25. The van der Waals surface area contributed by atoms with E-state index in [0.29, 0.717) is 0 Å². The average Bonchev–Trinajstić information content (AvgIpc) is 2.28. The molecule has 0 saturated carbocycles. The van der Waals surface area contributed by atoms with Gasteiger partial charge in [-0.25, -0.2) is 0 Å². The predicted octanol–water partition coefficient (Wildman–Crippen LogP) is 4.32. The van der Waals surface area contributed by atoms with Crippen LogP contribution in [0.15, 0.2) is 45.5 Å². The summed E-state index contributed by atoms with van der Waals surface area (Å²) in [6, 6.07) is 10.3. The first-order chi connectivity index (χ1) is 8.00. The number of rotatable bonds is 6. The van der Waals surface area contributed by atoms with Crippen LogP contribution in [0.5, 0.6) is 0 Å². The molecule has 0 bridgehead atoms. The molecule has 0 saturated heterocycles. The van der Waals surface area contributed by atoms with E-state index in [2.05, 4.69) is 38.5 Å². The van der Waals surface area contributed by atoms with E-state index in [1.54, 1.807) is 0 Å². The van der Waals surface area contributed by atoms with Crippen LogP contribution in [0.2, 0.25) is 14.8 Å². The zero-order chi connectivity index (χ0) is 12.7. The first-order valence-corrected chi connectivity index (χ1v) is 16.2. The summed E-state index contributed by atoms with van der Waals surface area (Å²) in [4.78, 5) is 11.7. The van der Waals surface area contributed by atoms with Crippen molar-refractivity contribution in [3.05, 3.63) is 46.1 Å². The number of benzene rings is 1. The Bertz CT molecular complexity index is 374. The van der Waals surface area contributed by atoms with Crippen LogP contribution in [0.1, 0.15) is 18.4 Å². The van der Waals surface area contributed by atoms with Crippen molar-refractivity contribution in [2.45, 2.75) is 27.7 Å². The van der Waals surface area contributed by atoms with Crippen molar-refractivity contribution in [2.24, 2.45) is 4.99 Å². The van der Waals surface area contributed by atoms with Crippen LogP contribution in [-0.4, -0.2) is 31.1 Å². The van der Waals surface area contributed by atoms with Gasteiger partial charge in [0.25, 0.3) is 0 Å². The van der Waals surface area contributed by atoms with Gasteiger partial charge in [-0.05, 0) is 0 Å². The fourth-order valence-electron chi connectivity index (χ4n) is 1.47. The molecular weight excluding hydrogens is 313 g/mol. The Morgan fingerprint density at radius 1 is 1.24 bits per heavy atom. The van der Waals surface area contributed by atoms with E-state index in [1.807, 2.05) is 24.4 Å². The molecule has 2 heteroatoms. The van der Waals surface area contributed by atoms with E-state index in [1.165, 1.54) is 9.15 Å². The van der Waals surface area contributed by atoms with Crippen LogP contribution in [-0.2, 0) is 0 Å². The standard InChI is InChI=1S/C12H14N.3CH3.Sn/c1-2-3-7-10-13-11-12-8-5-4-6-9-12;;;;/h4-6,8-9,11H,1,3,7,10H2;3*1H3;. The molecule has 0 atom stereocenters. The average molecular weight is 336 g/mol. The molecule has 92 valence electrons. The topological polar surface area (TPSA) is 12.4 Å². The van der Waals surface area contributed by atoms with Gasteiger partial charge in [-0.3, -0.25) is 0 Å². The summed E-state index contributed by atoms with van der Waals surface area (Å²) >= 11 is -1.83. The van der Waals surface area contributed by atoms with E-state index < -0.39 is 18.4 Å². The van der Waals surface area contributed by atoms with E-state index in [0.717, 1.165) is 19.4 Å². The quantitative estimate of drug-likeness (QED) is 0.417. The summed E-state index contributed by atoms with van der Waals surface area (Å²) in [6.45, 7) is 5.14. The van der Waals surface area contributed by atoms with Crippen molar-refractivity contribution in [3.8, 4) is 0 Å². The Morgan fingerprint density at radius 3 is 2.47 bits per heavy atom. The summed E-state index contributed by atoms with van der Waals surface area (Å²) in [5.74, 6) is 0. The second-order valence-corrected chi connectivity index (χ2v) is 20.3. The molecule has 0 radical (unpaired) electrons.